The second-order valence-corrected chi connectivity index (χ2v) is 4.80. The molecule has 0 bridgehead atoms. The maximum absolute atomic E-state index is 11.4. The van der Waals surface area contributed by atoms with Crippen LogP contribution >= 0.6 is 0 Å². The molecule has 0 aliphatic heterocycles. The standard InChI is InChI=1S/C13H24N2O3/c1-3-18-13(17)10(2)9-14-8-4-5-12(16)15-11-6-7-11/h10-11,14H,3-9H2,1-2H3,(H,15,16). The summed E-state index contributed by atoms with van der Waals surface area (Å²) >= 11 is 0. The summed E-state index contributed by atoms with van der Waals surface area (Å²) in [4.78, 5) is 22.7. The van der Waals surface area contributed by atoms with Crippen molar-refractivity contribution in [3.8, 4) is 0 Å². The molecule has 1 rings (SSSR count). The van der Waals surface area contributed by atoms with E-state index in [9.17, 15) is 9.59 Å². The van der Waals surface area contributed by atoms with Gasteiger partial charge < -0.3 is 15.4 Å². The number of ether oxygens (including phenoxy) is 1. The lowest BCUT2D eigenvalue weighted by molar-refractivity contribution is -0.147. The lowest BCUT2D eigenvalue weighted by Crippen LogP contribution is -2.30. The molecule has 1 fully saturated rings. The molecular formula is C13H24N2O3. The molecule has 5 heteroatoms. The van der Waals surface area contributed by atoms with Gasteiger partial charge in [0.1, 0.15) is 0 Å². The van der Waals surface area contributed by atoms with E-state index in [0.29, 0.717) is 25.6 Å². The third-order valence-electron chi connectivity index (χ3n) is 2.84. The molecule has 2 N–H and O–H groups in total. The monoisotopic (exact) mass is 256 g/mol. The fourth-order valence-corrected chi connectivity index (χ4v) is 1.59. The highest BCUT2D eigenvalue weighted by Crippen LogP contribution is 2.18. The molecule has 1 aliphatic carbocycles. The van der Waals surface area contributed by atoms with E-state index in [4.69, 9.17) is 4.74 Å². The molecule has 5 nitrogen and oxygen atoms in total. The van der Waals surface area contributed by atoms with Gasteiger partial charge in [0.2, 0.25) is 5.91 Å². The maximum atomic E-state index is 11.4. The Balaban J connectivity index is 1.93. The van der Waals surface area contributed by atoms with Gasteiger partial charge in [0.25, 0.3) is 0 Å². The van der Waals surface area contributed by atoms with E-state index < -0.39 is 0 Å². The highest BCUT2D eigenvalue weighted by Gasteiger charge is 2.22. The average molecular weight is 256 g/mol. The molecule has 18 heavy (non-hydrogen) atoms. The predicted molar refractivity (Wildman–Crippen MR) is 69.1 cm³/mol. The van der Waals surface area contributed by atoms with Crippen LogP contribution in [0.1, 0.15) is 39.5 Å². The summed E-state index contributed by atoms with van der Waals surface area (Å²) in [5.74, 6) is -0.167. The number of amides is 1. The molecule has 0 saturated heterocycles. The summed E-state index contributed by atoms with van der Waals surface area (Å²) in [6.45, 7) is 5.41. The molecule has 0 heterocycles. The van der Waals surface area contributed by atoms with Crippen LogP contribution in [0, 0.1) is 5.92 Å². The van der Waals surface area contributed by atoms with Gasteiger partial charge in [-0.25, -0.2) is 0 Å². The Labute approximate surface area is 109 Å². The molecule has 1 aliphatic rings. The van der Waals surface area contributed by atoms with Gasteiger partial charge in [0.05, 0.1) is 12.5 Å². The Morgan fingerprint density at radius 2 is 2.11 bits per heavy atom. The lowest BCUT2D eigenvalue weighted by Gasteiger charge is -2.11. The number of rotatable bonds is 9. The van der Waals surface area contributed by atoms with Gasteiger partial charge in [-0.3, -0.25) is 9.59 Å². The van der Waals surface area contributed by atoms with Crippen molar-refractivity contribution < 1.29 is 14.3 Å². The fraction of sp³-hybridized carbons (Fsp3) is 0.846. The molecule has 1 unspecified atom stereocenters. The number of nitrogens with one attached hydrogen (secondary N) is 2. The summed E-state index contributed by atoms with van der Waals surface area (Å²) < 4.78 is 4.91. The minimum Gasteiger partial charge on any atom is -0.466 e. The molecule has 104 valence electrons. The van der Waals surface area contributed by atoms with Crippen molar-refractivity contribution in [2.24, 2.45) is 5.92 Å². The molecular weight excluding hydrogens is 232 g/mol. The normalized spacial score (nSPS) is 16.1. The molecule has 1 amide bonds. The van der Waals surface area contributed by atoms with E-state index in [1.165, 1.54) is 0 Å². The first kappa shape index (κ1) is 15.0. The van der Waals surface area contributed by atoms with Crippen molar-refractivity contribution in [1.82, 2.24) is 10.6 Å². The van der Waals surface area contributed by atoms with Crippen molar-refractivity contribution in [1.29, 1.82) is 0 Å². The predicted octanol–water partition coefficient (Wildman–Crippen LogP) is 0.834. The van der Waals surface area contributed by atoms with Crippen molar-refractivity contribution in [2.75, 3.05) is 19.7 Å². The highest BCUT2D eigenvalue weighted by atomic mass is 16.5. The quantitative estimate of drug-likeness (QED) is 0.474. The van der Waals surface area contributed by atoms with Crippen LogP contribution in [0.15, 0.2) is 0 Å². The third kappa shape index (κ3) is 6.59. The second kappa shape index (κ2) is 8.08. The first-order chi connectivity index (χ1) is 8.63. The summed E-state index contributed by atoms with van der Waals surface area (Å²) in [6.07, 6.45) is 3.60. The van der Waals surface area contributed by atoms with Crippen LogP contribution in [0.25, 0.3) is 0 Å². The first-order valence-corrected chi connectivity index (χ1v) is 6.80. The number of carbonyl (C=O) groups is 2. The van der Waals surface area contributed by atoms with E-state index in [-0.39, 0.29) is 17.8 Å². The van der Waals surface area contributed by atoms with Crippen LogP contribution in [0.4, 0.5) is 0 Å². The smallest absolute Gasteiger partial charge is 0.309 e. The lowest BCUT2D eigenvalue weighted by atomic mass is 10.2. The van der Waals surface area contributed by atoms with Crippen molar-refractivity contribution in [2.45, 2.75) is 45.6 Å². The van der Waals surface area contributed by atoms with E-state index in [1.807, 2.05) is 6.92 Å². The summed E-state index contributed by atoms with van der Waals surface area (Å²) in [7, 11) is 0. The third-order valence-corrected chi connectivity index (χ3v) is 2.84. The average Bonchev–Trinajstić information content (AvgIpc) is 3.12. The Morgan fingerprint density at radius 1 is 1.39 bits per heavy atom. The Kier molecular flexibility index (Phi) is 6.72. The Bertz CT molecular complexity index is 277. The van der Waals surface area contributed by atoms with Crippen molar-refractivity contribution in [3.05, 3.63) is 0 Å². The van der Waals surface area contributed by atoms with E-state index >= 15 is 0 Å². The molecule has 0 spiro atoms. The van der Waals surface area contributed by atoms with Crippen LogP contribution in [0.5, 0.6) is 0 Å². The Morgan fingerprint density at radius 3 is 2.72 bits per heavy atom. The van der Waals surface area contributed by atoms with Crippen LogP contribution in [-0.2, 0) is 14.3 Å². The topological polar surface area (TPSA) is 67.4 Å². The van der Waals surface area contributed by atoms with Crippen LogP contribution in [0.2, 0.25) is 0 Å². The van der Waals surface area contributed by atoms with E-state index in [2.05, 4.69) is 10.6 Å². The number of hydrogen-bond acceptors (Lipinski definition) is 4. The minimum atomic E-state index is -0.170. The van der Waals surface area contributed by atoms with Gasteiger partial charge in [0.15, 0.2) is 0 Å². The van der Waals surface area contributed by atoms with Crippen molar-refractivity contribution >= 4 is 11.9 Å². The van der Waals surface area contributed by atoms with E-state index in [1.54, 1.807) is 6.92 Å². The second-order valence-electron chi connectivity index (χ2n) is 4.80. The molecule has 0 radical (unpaired) electrons. The zero-order valence-electron chi connectivity index (χ0n) is 11.3. The zero-order chi connectivity index (χ0) is 13.4. The van der Waals surface area contributed by atoms with Crippen LogP contribution < -0.4 is 10.6 Å². The first-order valence-electron chi connectivity index (χ1n) is 6.80. The summed E-state index contributed by atoms with van der Waals surface area (Å²) in [5, 5.41) is 6.12. The Hall–Kier alpha value is -1.10. The fourth-order valence-electron chi connectivity index (χ4n) is 1.59. The van der Waals surface area contributed by atoms with Crippen LogP contribution in [-0.4, -0.2) is 37.6 Å². The number of carbonyl (C=O) groups excluding carboxylic acids is 2. The summed E-state index contributed by atoms with van der Waals surface area (Å²) in [5.41, 5.74) is 0. The van der Waals surface area contributed by atoms with Gasteiger partial charge in [-0.2, -0.15) is 0 Å². The van der Waals surface area contributed by atoms with Gasteiger partial charge in [0, 0.05) is 19.0 Å². The molecule has 1 saturated carbocycles. The maximum Gasteiger partial charge on any atom is 0.309 e. The van der Waals surface area contributed by atoms with Gasteiger partial charge in [-0.1, -0.05) is 6.92 Å². The van der Waals surface area contributed by atoms with Crippen LogP contribution in [0.3, 0.4) is 0 Å². The zero-order valence-corrected chi connectivity index (χ0v) is 11.3. The summed E-state index contributed by atoms with van der Waals surface area (Å²) in [6, 6.07) is 0.439. The minimum absolute atomic E-state index is 0.134. The highest BCUT2D eigenvalue weighted by molar-refractivity contribution is 5.76. The van der Waals surface area contributed by atoms with E-state index in [0.717, 1.165) is 25.8 Å². The molecule has 0 aromatic rings. The van der Waals surface area contributed by atoms with Gasteiger partial charge in [-0.15, -0.1) is 0 Å². The number of esters is 1. The van der Waals surface area contributed by atoms with Gasteiger partial charge in [-0.05, 0) is 32.7 Å². The van der Waals surface area contributed by atoms with Gasteiger partial charge >= 0.3 is 5.97 Å². The molecule has 0 aromatic carbocycles. The largest absolute Gasteiger partial charge is 0.466 e. The number of hydrogen-bond donors (Lipinski definition) is 2. The molecule has 1 atom stereocenters. The van der Waals surface area contributed by atoms with Crippen molar-refractivity contribution in [3.63, 3.8) is 0 Å². The SMILES string of the molecule is CCOC(=O)C(C)CNCCCC(=O)NC1CC1. The molecule has 0 aromatic heterocycles.